The van der Waals surface area contributed by atoms with Crippen molar-refractivity contribution in [3.05, 3.63) is 69.8 Å². The summed E-state index contributed by atoms with van der Waals surface area (Å²) >= 11 is 0. The van der Waals surface area contributed by atoms with Crippen molar-refractivity contribution in [1.29, 1.82) is 0 Å². The van der Waals surface area contributed by atoms with Crippen molar-refractivity contribution in [3.63, 3.8) is 0 Å². The van der Waals surface area contributed by atoms with Gasteiger partial charge in [0.1, 0.15) is 0 Å². The average molecular weight is 300 g/mol. The van der Waals surface area contributed by atoms with Gasteiger partial charge in [0, 0.05) is 11.1 Å². The molecule has 0 radical (unpaired) electrons. The second-order valence-electron chi connectivity index (χ2n) is 5.09. The van der Waals surface area contributed by atoms with Crippen LogP contribution in [0, 0.1) is 20.8 Å². The zero-order chi connectivity index (χ0) is 15.6. The Balaban J connectivity index is 2.39. The number of ketones is 1. The Morgan fingerprint density at radius 3 is 1.86 bits per heavy atom. The predicted molar refractivity (Wildman–Crippen MR) is 85.7 cm³/mol. The van der Waals surface area contributed by atoms with Gasteiger partial charge < -0.3 is 4.52 Å². The lowest BCUT2D eigenvalue weighted by atomic mass is 9.93. The van der Waals surface area contributed by atoms with Crippen molar-refractivity contribution in [2.75, 3.05) is 0 Å². The molecule has 0 N–H and O–H groups in total. The van der Waals surface area contributed by atoms with E-state index < -0.39 is 5.97 Å². The minimum Gasteiger partial charge on any atom is -0.448 e. The van der Waals surface area contributed by atoms with Crippen LogP contribution < -0.4 is 0 Å². The van der Waals surface area contributed by atoms with E-state index in [0.29, 0.717) is 11.1 Å². The van der Waals surface area contributed by atoms with Crippen molar-refractivity contribution in [1.82, 2.24) is 0 Å². The first kappa shape index (κ1) is 15.4. The Morgan fingerprint density at radius 1 is 0.905 bits per heavy atom. The van der Waals surface area contributed by atoms with Gasteiger partial charge in [-0.05, 0) is 44.0 Å². The van der Waals surface area contributed by atoms with E-state index in [2.05, 4.69) is 4.52 Å². The van der Waals surface area contributed by atoms with Crippen LogP contribution in [0.1, 0.15) is 43.0 Å². The van der Waals surface area contributed by atoms with Gasteiger partial charge in [0.05, 0.1) is 15.0 Å². The Hall–Kier alpha value is -1.99. The number of aryl methyl sites for hydroxylation is 3. The first-order chi connectivity index (χ1) is 9.93. The summed E-state index contributed by atoms with van der Waals surface area (Å²) in [6, 6.07) is 10.5. The molecule has 0 spiro atoms. The van der Waals surface area contributed by atoms with Gasteiger partial charge in [-0.15, -0.1) is 0 Å². The van der Waals surface area contributed by atoms with Crippen molar-refractivity contribution in [2.45, 2.75) is 20.8 Å². The van der Waals surface area contributed by atoms with Crippen LogP contribution in [0.4, 0.5) is 0 Å². The van der Waals surface area contributed by atoms with Gasteiger partial charge in [-0.2, -0.15) is 0 Å². The highest BCUT2D eigenvalue weighted by atomic mass is 31.0. The van der Waals surface area contributed by atoms with Gasteiger partial charge in [-0.25, -0.2) is 4.79 Å². The molecule has 3 nitrogen and oxygen atoms in total. The molecule has 0 aliphatic rings. The first-order valence-corrected chi connectivity index (χ1v) is 7.05. The number of hydrogen-bond donors (Lipinski definition) is 0. The molecule has 0 aromatic heterocycles. The van der Waals surface area contributed by atoms with E-state index in [1.807, 2.05) is 42.4 Å². The van der Waals surface area contributed by atoms with Crippen LogP contribution in [0.15, 0.2) is 36.4 Å². The molecule has 2 rings (SSSR count). The average Bonchev–Trinajstić information content (AvgIpc) is 2.45. The van der Waals surface area contributed by atoms with E-state index in [9.17, 15) is 9.59 Å². The van der Waals surface area contributed by atoms with Crippen molar-refractivity contribution < 1.29 is 14.1 Å². The van der Waals surface area contributed by atoms with Gasteiger partial charge in [-0.1, -0.05) is 29.8 Å². The fourth-order valence-electron chi connectivity index (χ4n) is 2.51. The highest BCUT2D eigenvalue weighted by molar-refractivity contribution is 7.10. The summed E-state index contributed by atoms with van der Waals surface area (Å²) in [6.45, 7) is 5.89. The lowest BCUT2D eigenvalue weighted by molar-refractivity contribution is 0.0765. The van der Waals surface area contributed by atoms with Crippen LogP contribution in [0.5, 0.6) is 0 Å². The van der Waals surface area contributed by atoms with Gasteiger partial charge >= 0.3 is 5.97 Å². The lowest BCUT2D eigenvalue weighted by Crippen LogP contribution is -2.07. The van der Waals surface area contributed by atoms with Crippen molar-refractivity contribution in [2.24, 2.45) is 0 Å². The number of rotatable bonds is 3. The normalized spacial score (nSPS) is 10.3. The Morgan fingerprint density at radius 2 is 1.38 bits per heavy atom. The van der Waals surface area contributed by atoms with Crippen LogP contribution in [-0.4, -0.2) is 11.8 Å². The van der Waals surface area contributed by atoms with E-state index in [-0.39, 0.29) is 5.78 Å². The molecule has 0 saturated carbocycles. The second kappa shape index (κ2) is 6.19. The summed E-state index contributed by atoms with van der Waals surface area (Å²) in [5, 5.41) is 0. The number of carbonyl (C=O) groups excluding carboxylic acids is 2. The monoisotopic (exact) mass is 300 g/mol. The van der Waals surface area contributed by atoms with E-state index >= 15 is 0 Å². The Kier molecular flexibility index (Phi) is 4.54. The fraction of sp³-hybridized carbons (Fsp3) is 0.176. The van der Waals surface area contributed by atoms with Gasteiger partial charge in [0.15, 0.2) is 5.78 Å². The lowest BCUT2D eigenvalue weighted by Gasteiger charge is -2.10. The molecule has 0 saturated heterocycles. The third-order valence-corrected chi connectivity index (χ3v) is 3.61. The molecule has 1 unspecified atom stereocenters. The third-order valence-electron chi connectivity index (χ3n) is 3.39. The maximum Gasteiger partial charge on any atom is 0.340 e. The molecule has 4 heteroatoms. The molecule has 2 aromatic rings. The molecule has 0 fully saturated rings. The van der Waals surface area contributed by atoms with Crippen LogP contribution in [0.3, 0.4) is 0 Å². The highest BCUT2D eigenvalue weighted by Crippen LogP contribution is 2.20. The van der Waals surface area contributed by atoms with Crippen LogP contribution in [-0.2, 0) is 4.52 Å². The smallest absolute Gasteiger partial charge is 0.340 e. The maximum absolute atomic E-state index is 12.6. The molecule has 2 aromatic carbocycles. The first-order valence-electron chi connectivity index (χ1n) is 6.57. The summed E-state index contributed by atoms with van der Waals surface area (Å²) in [6.07, 6.45) is 0. The van der Waals surface area contributed by atoms with Crippen LogP contribution in [0.2, 0.25) is 0 Å². The number of benzene rings is 2. The van der Waals surface area contributed by atoms with E-state index in [1.165, 1.54) is 0 Å². The molecule has 0 aliphatic carbocycles. The van der Waals surface area contributed by atoms with Gasteiger partial charge in [0.2, 0.25) is 0 Å². The SMILES string of the molecule is Cc1cc(C)c(C(=O)c2ccc(C(=O)OP)cc2)c(C)c1. The summed E-state index contributed by atoms with van der Waals surface area (Å²) in [7, 11) is 1.92. The zero-order valence-corrected chi connectivity index (χ0v) is 13.4. The summed E-state index contributed by atoms with van der Waals surface area (Å²) in [5.74, 6) is -0.475. The topological polar surface area (TPSA) is 43.4 Å². The van der Waals surface area contributed by atoms with E-state index in [4.69, 9.17) is 0 Å². The van der Waals surface area contributed by atoms with Gasteiger partial charge in [-0.3, -0.25) is 4.79 Å². The molecular weight excluding hydrogens is 283 g/mol. The fourth-order valence-corrected chi connectivity index (χ4v) is 2.64. The van der Waals surface area contributed by atoms with Crippen LogP contribution >= 0.6 is 9.47 Å². The molecule has 21 heavy (non-hydrogen) atoms. The molecule has 1 atom stereocenters. The largest absolute Gasteiger partial charge is 0.448 e. The number of carbonyl (C=O) groups is 2. The van der Waals surface area contributed by atoms with E-state index in [0.717, 1.165) is 22.3 Å². The third kappa shape index (κ3) is 3.20. The number of hydrogen-bond acceptors (Lipinski definition) is 3. The Labute approximate surface area is 126 Å². The van der Waals surface area contributed by atoms with Gasteiger partial charge in [0.25, 0.3) is 0 Å². The maximum atomic E-state index is 12.6. The highest BCUT2D eigenvalue weighted by Gasteiger charge is 2.15. The van der Waals surface area contributed by atoms with Crippen molar-refractivity contribution >= 4 is 21.2 Å². The van der Waals surface area contributed by atoms with Crippen LogP contribution in [0.25, 0.3) is 0 Å². The molecular formula is C17H17O3P. The second-order valence-corrected chi connectivity index (χ2v) is 5.32. The summed E-state index contributed by atoms with van der Waals surface area (Å²) < 4.78 is 4.57. The molecule has 108 valence electrons. The quantitative estimate of drug-likeness (QED) is 0.640. The molecule has 0 aliphatic heterocycles. The molecule has 0 bridgehead atoms. The minimum atomic E-state index is -0.443. The van der Waals surface area contributed by atoms with Crippen molar-refractivity contribution in [3.8, 4) is 0 Å². The Bertz CT molecular complexity index is 679. The zero-order valence-electron chi connectivity index (χ0n) is 12.3. The molecule has 0 amide bonds. The summed E-state index contributed by atoms with van der Waals surface area (Å²) in [4.78, 5) is 24.0. The minimum absolute atomic E-state index is 0.0317. The predicted octanol–water partition coefficient (Wildman–Crippen LogP) is 3.79. The van der Waals surface area contributed by atoms with E-state index in [1.54, 1.807) is 24.3 Å². The summed E-state index contributed by atoms with van der Waals surface area (Å²) in [5.41, 5.74) is 4.77. The standard InChI is InChI=1S/C17H17O3P/c1-10-8-11(2)15(12(3)9-10)16(18)13-4-6-14(7-5-13)17(19)20-21/h4-9H,21H2,1-3H3. The molecule has 0 heterocycles.